The van der Waals surface area contributed by atoms with Crippen molar-refractivity contribution in [2.24, 2.45) is 5.92 Å². The molecule has 0 aliphatic carbocycles. The summed E-state index contributed by atoms with van der Waals surface area (Å²) >= 11 is 0. The van der Waals surface area contributed by atoms with Gasteiger partial charge in [0.25, 0.3) is 0 Å². The molecule has 0 unspecified atom stereocenters. The zero-order valence-electron chi connectivity index (χ0n) is 11.4. The van der Waals surface area contributed by atoms with Crippen LogP contribution in [0.2, 0.25) is 0 Å². The van der Waals surface area contributed by atoms with Crippen LogP contribution in [0.25, 0.3) is 0 Å². The first-order valence-corrected chi connectivity index (χ1v) is 8.39. The summed E-state index contributed by atoms with van der Waals surface area (Å²) < 4.78 is 40.0. The predicted molar refractivity (Wildman–Crippen MR) is 74.4 cm³/mol. The lowest BCUT2D eigenvalue weighted by molar-refractivity contribution is 0.339. The Hall–Kier alpha value is -1.49. The number of nitrogens with one attached hydrogen (secondary N) is 1. The minimum absolute atomic E-state index is 0.0147. The minimum Gasteiger partial charge on any atom is -0.312 e. The van der Waals surface area contributed by atoms with Crippen molar-refractivity contribution >= 4 is 10.0 Å². The fourth-order valence-electron chi connectivity index (χ4n) is 3.10. The van der Waals surface area contributed by atoms with E-state index in [1.54, 1.807) is 6.07 Å². The van der Waals surface area contributed by atoms with Crippen molar-refractivity contribution in [1.29, 1.82) is 5.26 Å². The molecule has 0 amide bonds. The van der Waals surface area contributed by atoms with E-state index >= 15 is 0 Å². The van der Waals surface area contributed by atoms with Gasteiger partial charge in [-0.2, -0.15) is 9.57 Å². The van der Waals surface area contributed by atoms with Crippen molar-refractivity contribution in [2.75, 3.05) is 19.6 Å². The number of nitrogens with zero attached hydrogens (tertiary/aromatic N) is 2. The molecule has 3 rings (SSSR count). The number of nitriles is 1. The zero-order valence-corrected chi connectivity index (χ0v) is 12.2. The number of rotatable bonds is 2. The van der Waals surface area contributed by atoms with Gasteiger partial charge in [0.2, 0.25) is 10.0 Å². The average molecular weight is 309 g/mol. The van der Waals surface area contributed by atoms with Crippen LogP contribution in [0, 0.1) is 23.1 Å². The molecular formula is C14H16FN3O2S. The highest BCUT2D eigenvalue weighted by molar-refractivity contribution is 7.89. The Kier molecular flexibility index (Phi) is 3.69. The Labute approximate surface area is 123 Å². The van der Waals surface area contributed by atoms with Crippen LogP contribution in [0.1, 0.15) is 18.4 Å². The lowest BCUT2D eigenvalue weighted by atomic mass is 9.94. The van der Waals surface area contributed by atoms with E-state index in [1.807, 2.05) is 0 Å². The summed E-state index contributed by atoms with van der Waals surface area (Å²) in [7, 11) is -3.67. The maximum absolute atomic E-state index is 13.3. The molecule has 2 atom stereocenters. The summed E-state index contributed by atoms with van der Waals surface area (Å²) in [5.41, 5.74) is -0.245. The Bertz CT molecular complexity index is 685. The molecule has 7 heteroatoms. The lowest BCUT2D eigenvalue weighted by Crippen LogP contribution is -2.41. The summed E-state index contributed by atoms with van der Waals surface area (Å²) in [4.78, 5) is -0.0147. The van der Waals surface area contributed by atoms with Crippen molar-refractivity contribution in [3.8, 4) is 6.07 Å². The zero-order chi connectivity index (χ0) is 15.0. The topological polar surface area (TPSA) is 73.2 Å². The van der Waals surface area contributed by atoms with Crippen molar-refractivity contribution in [3.63, 3.8) is 0 Å². The van der Waals surface area contributed by atoms with Gasteiger partial charge in [-0.05, 0) is 43.5 Å². The predicted octanol–water partition coefficient (Wildman–Crippen LogP) is 1.07. The van der Waals surface area contributed by atoms with E-state index in [4.69, 9.17) is 5.26 Å². The summed E-state index contributed by atoms with van der Waals surface area (Å²) in [6.07, 6.45) is 2.08. The van der Waals surface area contributed by atoms with Gasteiger partial charge in [-0.25, -0.2) is 12.8 Å². The average Bonchev–Trinajstić information content (AvgIpc) is 2.92. The van der Waals surface area contributed by atoms with E-state index in [1.165, 1.54) is 10.4 Å². The summed E-state index contributed by atoms with van der Waals surface area (Å²) in [6.45, 7) is 1.84. The second-order valence-electron chi connectivity index (χ2n) is 5.54. The number of halogens is 1. The Morgan fingerprint density at radius 2 is 2.19 bits per heavy atom. The number of fused-ring (bicyclic) bond motifs is 1. The number of piperidine rings is 1. The van der Waals surface area contributed by atoms with Gasteiger partial charge < -0.3 is 5.32 Å². The normalized spacial score (nSPS) is 26.3. The maximum Gasteiger partial charge on any atom is 0.243 e. The molecule has 5 nitrogen and oxygen atoms in total. The van der Waals surface area contributed by atoms with E-state index in [9.17, 15) is 12.8 Å². The third-order valence-corrected chi connectivity index (χ3v) is 6.09. The largest absolute Gasteiger partial charge is 0.312 e. The van der Waals surface area contributed by atoms with E-state index in [-0.39, 0.29) is 16.5 Å². The van der Waals surface area contributed by atoms with Crippen LogP contribution < -0.4 is 5.32 Å². The molecule has 2 aliphatic heterocycles. The van der Waals surface area contributed by atoms with E-state index in [0.717, 1.165) is 31.5 Å². The molecule has 2 heterocycles. The summed E-state index contributed by atoms with van der Waals surface area (Å²) in [6, 6.07) is 5.25. The highest BCUT2D eigenvalue weighted by atomic mass is 32.2. The number of hydrogen-bond acceptors (Lipinski definition) is 4. The second-order valence-corrected chi connectivity index (χ2v) is 7.48. The quantitative estimate of drug-likeness (QED) is 0.887. The molecule has 0 bridgehead atoms. The van der Waals surface area contributed by atoms with E-state index < -0.39 is 15.8 Å². The van der Waals surface area contributed by atoms with Gasteiger partial charge in [-0.15, -0.1) is 0 Å². The van der Waals surface area contributed by atoms with Gasteiger partial charge in [0.05, 0.1) is 10.5 Å². The maximum atomic E-state index is 13.3. The van der Waals surface area contributed by atoms with Crippen molar-refractivity contribution < 1.29 is 12.8 Å². The van der Waals surface area contributed by atoms with Crippen LogP contribution in [0.4, 0.5) is 4.39 Å². The number of hydrogen-bond donors (Lipinski definition) is 1. The minimum atomic E-state index is -3.67. The molecule has 21 heavy (non-hydrogen) atoms. The smallest absolute Gasteiger partial charge is 0.243 e. The molecule has 0 aromatic heterocycles. The van der Waals surface area contributed by atoms with Gasteiger partial charge in [-0.3, -0.25) is 0 Å². The molecular weight excluding hydrogens is 293 g/mol. The van der Waals surface area contributed by atoms with Gasteiger partial charge in [0.15, 0.2) is 0 Å². The van der Waals surface area contributed by atoms with Crippen molar-refractivity contribution in [1.82, 2.24) is 9.62 Å². The monoisotopic (exact) mass is 309 g/mol. The van der Waals surface area contributed by atoms with Gasteiger partial charge in [0, 0.05) is 19.1 Å². The SMILES string of the molecule is N#Cc1cc(S(=O)(=O)N2C[C@@H]3CCCN[C@@H]3C2)ccc1F. The highest BCUT2D eigenvalue weighted by Gasteiger charge is 2.40. The number of benzene rings is 1. The molecule has 2 saturated heterocycles. The molecule has 1 N–H and O–H groups in total. The third kappa shape index (κ3) is 2.55. The molecule has 0 radical (unpaired) electrons. The molecule has 2 fully saturated rings. The molecule has 112 valence electrons. The fourth-order valence-corrected chi connectivity index (χ4v) is 4.65. The van der Waals surface area contributed by atoms with Crippen LogP contribution >= 0.6 is 0 Å². The van der Waals surface area contributed by atoms with Crippen molar-refractivity contribution in [2.45, 2.75) is 23.8 Å². The third-order valence-electron chi connectivity index (χ3n) is 4.26. The summed E-state index contributed by atoms with van der Waals surface area (Å²) in [5.74, 6) is -0.363. The first kappa shape index (κ1) is 14.4. The first-order chi connectivity index (χ1) is 10.0. The molecule has 0 saturated carbocycles. The molecule has 2 aliphatic rings. The fraction of sp³-hybridized carbons (Fsp3) is 0.500. The Balaban J connectivity index is 1.89. The standard InChI is InChI=1S/C14H16FN3O2S/c15-13-4-3-12(6-11(13)7-16)21(19,20)18-8-10-2-1-5-17-14(10)9-18/h3-4,6,10,14,17H,1-2,5,8-9H2/t10-,14+/m0/s1. The molecule has 1 aromatic rings. The van der Waals surface area contributed by atoms with Crippen LogP contribution in [-0.2, 0) is 10.0 Å². The highest BCUT2D eigenvalue weighted by Crippen LogP contribution is 2.29. The molecule has 0 spiro atoms. The van der Waals surface area contributed by atoms with Crippen LogP contribution in [-0.4, -0.2) is 38.4 Å². The molecule has 1 aromatic carbocycles. The van der Waals surface area contributed by atoms with E-state index in [0.29, 0.717) is 19.0 Å². The van der Waals surface area contributed by atoms with Gasteiger partial charge in [0.1, 0.15) is 11.9 Å². The second kappa shape index (κ2) is 5.37. The Morgan fingerprint density at radius 3 is 2.90 bits per heavy atom. The number of sulfonamides is 1. The Morgan fingerprint density at radius 1 is 1.38 bits per heavy atom. The lowest BCUT2D eigenvalue weighted by Gasteiger charge is -2.24. The van der Waals surface area contributed by atoms with Crippen LogP contribution in [0.3, 0.4) is 0 Å². The van der Waals surface area contributed by atoms with Crippen molar-refractivity contribution in [3.05, 3.63) is 29.6 Å². The summed E-state index contributed by atoms with van der Waals surface area (Å²) in [5, 5.41) is 12.2. The van der Waals surface area contributed by atoms with Gasteiger partial charge in [-0.1, -0.05) is 0 Å². The van der Waals surface area contributed by atoms with Crippen LogP contribution in [0.5, 0.6) is 0 Å². The first-order valence-electron chi connectivity index (χ1n) is 6.95. The van der Waals surface area contributed by atoms with Crippen LogP contribution in [0.15, 0.2) is 23.1 Å². The van der Waals surface area contributed by atoms with E-state index in [2.05, 4.69) is 5.32 Å². The van der Waals surface area contributed by atoms with Gasteiger partial charge >= 0.3 is 0 Å².